The van der Waals surface area contributed by atoms with Gasteiger partial charge in [-0.3, -0.25) is 4.79 Å². The minimum Gasteiger partial charge on any atom is -0.492 e. The van der Waals surface area contributed by atoms with Crippen LogP contribution in [0.25, 0.3) is 0 Å². The van der Waals surface area contributed by atoms with Gasteiger partial charge >= 0.3 is 5.97 Å². The number of amides is 1. The number of halogens is 1. The number of carboxylic acid groups (broad SMARTS) is 1. The summed E-state index contributed by atoms with van der Waals surface area (Å²) in [6, 6.07) is 6.72. The molecule has 1 saturated heterocycles. The van der Waals surface area contributed by atoms with Crippen LogP contribution in [0.3, 0.4) is 0 Å². The number of carboxylic acids is 1. The predicted molar refractivity (Wildman–Crippen MR) is 76.6 cm³/mol. The number of hydrogen-bond donors (Lipinski definition) is 1. The van der Waals surface area contributed by atoms with Gasteiger partial charge in [-0.15, -0.1) is 0 Å². The fraction of sp³-hybridized carbons (Fsp3) is 0.429. The standard InChI is InChI=1S/C14H16BrNO4/c15-10-4-1-2-6-12(10)20-9-7-13(17)16-8-3-5-11(16)14(18)19/h1-2,4,6,11H,3,5,7-9H2,(H,18,19). The smallest absolute Gasteiger partial charge is 0.326 e. The molecule has 1 aromatic carbocycles. The number of benzene rings is 1. The highest BCUT2D eigenvalue weighted by Crippen LogP contribution is 2.24. The van der Waals surface area contributed by atoms with E-state index in [1.54, 1.807) is 0 Å². The molecule has 1 aliphatic rings. The predicted octanol–water partition coefficient (Wildman–Crippen LogP) is 2.29. The number of ether oxygens (including phenoxy) is 1. The first kappa shape index (κ1) is 14.8. The third kappa shape index (κ3) is 3.50. The number of likely N-dealkylation sites (tertiary alicyclic amines) is 1. The van der Waals surface area contributed by atoms with E-state index in [0.717, 1.165) is 10.9 Å². The molecule has 1 unspecified atom stereocenters. The Morgan fingerprint density at radius 1 is 1.40 bits per heavy atom. The lowest BCUT2D eigenvalue weighted by molar-refractivity contribution is -0.148. The van der Waals surface area contributed by atoms with Gasteiger partial charge in [0.25, 0.3) is 0 Å². The van der Waals surface area contributed by atoms with Gasteiger partial charge in [-0.05, 0) is 40.9 Å². The SMILES string of the molecule is O=C(O)C1CCCN1C(=O)CCOc1ccccc1Br. The van der Waals surface area contributed by atoms with Crippen molar-refractivity contribution < 1.29 is 19.4 Å². The van der Waals surface area contributed by atoms with E-state index in [0.29, 0.717) is 18.7 Å². The van der Waals surface area contributed by atoms with Crippen LogP contribution in [0.5, 0.6) is 5.75 Å². The van der Waals surface area contributed by atoms with Crippen molar-refractivity contribution in [2.45, 2.75) is 25.3 Å². The molecular formula is C14H16BrNO4. The van der Waals surface area contributed by atoms with Crippen molar-refractivity contribution in [3.05, 3.63) is 28.7 Å². The molecule has 1 fully saturated rings. The van der Waals surface area contributed by atoms with Gasteiger partial charge in [0.1, 0.15) is 11.8 Å². The molecule has 1 atom stereocenters. The first-order chi connectivity index (χ1) is 9.59. The highest BCUT2D eigenvalue weighted by Gasteiger charge is 2.33. The second-order valence-electron chi connectivity index (χ2n) is 4.61. The van der Waals surface area contributed by atoms with Crippen molar-refractivity contribution in [3.63, 3.8) is 0 Å². The van der Waals surface area contributed by atoms with E-state index in [2.05, 4.69) is 15.9 Å². The molecule has 0 aliphatic carbocycles. The highest BCUT2D eigenvalue weighted by atomic mass is 79.9. The van der Waals surface area contributed by atoms with E-state index >= 15 is 0 Å². The van der Waals surface area contributed by atoms with Crippen LogP contribution in [0, 0.1) is 0 Å². The monoisotopic (exact) mass is 341 g/mol. The first-order valence-corrected chi connectivity index (χ1v) is 7.28. The quantitative estimate of drug-likeness (QED) is 0.892. The number of carbonyl (C=O) groups is 2. The zero-order valence-electron chi connectivity index (χ0n) is 10.9. The molecule has 6 heteroatoms. The number of nitrogens with zero attached hydrogens (tertiary/aromatic N) is 1. The number of para-hydroxylation sites is 1. The fourth-order valence-corrected chi connectivity index (χ4v) is 2.67. The van der Waals surface area contributed by atoms with Gasteiger partial charge in [-0.2, -0.15) is 0 Å². The van der Waals surface area contributed by atoms with Crippen LogP contribution in [0.15, 0.2) is 28.7 Å². The van der Waals surface area contributed by atoms with Crippen LogP contribution in [0.4, 0.5) is 0 Å². The Kier molecular flexibility index (Phi) is 5.00. The van der Waals surface area contributed by atoms with Gasteiger partial charge in [0.15, 0.2) is 0 Å². The Morgan fingerprint density at radius 2 is 2.15 bits per heavy atom. The van der Waals surface area contributed by atoms with E-state index in [9.17, 15) is 9.59 Å². The molecule has 2 rings (SSSR count). The van der Waals surface area contributed by atoms with Crippen LogP contribution in [-0.2, 0) is 9.59 Å². The Balaban J connectivity index is 1.84. The van der Waals surface area contributed by atoms with E-state index in [4.69, 9.17) is 9.84 Å². The number of rotatable bonds is 5. The lowest BCUT2D eigenvalue weighted by Gasteiger charge is -2.21. The normalized spacial score (nSPS) is 18.1. The molecule has 0 saturated carbocycles. The number of hydrogen-bond acceptors (Lipinski definition) is 3. The van der Waals surface area contributed by atoms with E-state index in [1.165, 1.54) is 4.90 Å². The zero-order valence-corrected chi connectivity index (χ0v) is 12.5. The number of aliphatic carboxylic acids is 1. The maximum atomic E-state index is 12.0. The summed E-state index contributed by atoms with van der Waals surface area (Å²) in [7, 11) is 0. The van der Waals surface area contributed by atoms with Gasteiger partial charge < -0.3 is 14.7 Å². The average Bonchev–Trinajstić information content (AvgIpc) is 2.90. The molecule has 1 aliphatic heterocycles. The summed E-state index contributed by atoms with van der Waals surface area (Å²) < 4.78 is 6.35. The molecule has 0 bridgehead atoms. The topological polar surface area (TPSA) is 66.8 Å². The Hall–Kier alpha value is -1.56. The Morgan fingerprint density at radius 3 is 2.85 bits per heavy atom. The van der Waals surface area contributed by atoms with E-state index < -0.39 is 12.0 Å². The highest BCUT2D eigenvalue weighted by molar-refractivity contribution is 9.10. The molecule has 0 radical (unpaired) electrons. The van der Waals surface area contributed by atoms with Crippen molar-refractivity contribution in [3.8, 4) is 5.75 Å². The van der Waals surface area contributed by atoms with Crippen molar-refractivity contribution in [1.82, 2.24) is 4.90 Å². The summed E-state index contributed by atoms with van der Waals surface area (Å²) in [5.74, 6) is -0.416. The number of carbonyl (C=O) groups excluding carboxylic acids is 1. The second kappa shape index (κ2) is 6.74. The van der Waals surface area contributed by atoms with Gasteiger partial charge in [0.05, 0.1) is 17.5 Å². The molecule has 108 valence electrons. The van der Waals surface area contributed by atoms with Crippen LogP contribution in [-0.4, -0.2) is 41.1 Å². The van der Waals surface area contributed by atoms with Gasteiger partial charge in [0.2, 0.25) is 5.91 Å². The summed E-state index contributed by atoms with van der Waals surface area (Å²) in [5.41, 5.74) is 0. The summed E-state index contributed by atoms with van der Waals surface area (Å²) in [4.78, 5) is 24.5. The molecule has 1 amide bonds. The van der Waals surface area contributed by atoms with Gasteiger partial charge in [-0.1, -0.05) is 12.1 Å². The zero-order chi connectivity index (χ0) is 14.5. The van der Waals surface area contributed by atoms with E-state index in [-0.39, 0.29) is 18.9 Å². The average molecular weight is 342 g/mol. The van der Waals surface area contributed by atoms with Crippen molar-refractivity contribution in [2.24, 2.45) is 0 Å². The summed E-state index contributed by atoms with van der Waals surface area (Å²) in [6.07, 6.45) is 1.46. The van der Waals surface area contributed by atoms with Crippen molar-refractivity contribution in [2.75, 3.05) is 13.2 Å². The Labute approximate surface area is 125 Å². The summed E-state index contributed by atoms with van der Waals surface area (Å²) >= 11 is 3.36. The molecular weight excluding hydrogens is 326 g/mol. The van der Waals surface area contributed by atoms with E-state index in [1.807, 2.05) is 24.3 Å². The molecule has 20 heavy (non-hydrogen) atoms. The van der Waals surface area contributed by atoms with Gasteiger partial charge in [0, 0.05) is 6.54 Å². The van der Waals surface area contributed by atoms with Crippen LogP contribution in [0.1, 0.15) is 19.3 Å². The summed E-state index contributed by atoms with van der Waals surface area (Å²) in [5, 5.41) is 9.04. The van der Waals surface area contributed by atoms with Gasteiger partial charge in [-0.25, -0.2) is 4.79 Å². The second-order valence-corrected chi connectivity index (χ2v) is 5.47. The van der Waals surface area contributed by atoms with Crippen LogP contribution < -0.4 is 4.74 Å². The largest absolute Gasteiger partial charge is 0.492 e. The first-order valence-electron chi connectivity index (χ1n) is 6.49. The summed E-state index contributed by atoms with van der Waals surface area (Å²) in [6.45, 7) is 0.759. The lowest BCUT2D eigenvalue weighted by atomic mass is 10.2. The maximum absolute atomic E-state index is 12.0. The molecule has 0 spiro atoms. The van der Waals surface area contributed by atoms with Crippen molar-refractivity contribution in [1.29, 1.82) is 0 Å². The van der Waals surface area contributed by atoms with Crippen molar-refractivity contribution >= 4 is 27.8 Å². The molecule has 1 aromatic rings. The minimum atomic E-state index is -0.928. The molecule has 5 nitrogen and oxygen atoms in total. The molecule has 0 aromatic heterocycles. The minimum absolute atomic E-state index is 0.165. The molecule has 1 heterocycles. The van der Waals surface area contributed by atoms with Crippen LogP contribution >= 0.6 is 15.9 Å². The Bertz CT molecular complexity index is 506. The third-order valence-electron chi connectivity index (χ3n) is 3.27. The third-order valence-corrected chi connectivity index (χ3v) is 3.92. The fourth-order valence-electron chi connectivity index (χ4n) is 2.28. The molecule has 1 N–H and O–H groups in total. The van der Waals surface area contributed by atoms with Crippen LogP contribution in [0.2, 0.25) is 0 Å². The lowest BCUT2D eigenvalue weighted by Crippen LogP contribution is -2.40. The maximum Gasteiger partial charge on any atom is 0.326 e.